The van der Waals surface area contributed by atoms with Crippen LogP contribution >= 0.6 is 24.0 Å². The zero-order chi connectivity index (χ0) is 20.6. The molecule has 0 spiro atoms. The van der Waals surface area contributed by atoms with Gasteiger partial charge in [0.25, 0.3) is 0 Å². The van der Waals surface area contributed by atoms with Gasteiger partial charge in [0.15, 0.2) is 5.96 Å². The lowest BCUT2D eigenvalue weighted by Crippen LogP contribution is -2.48. The fourth-order valence-electron chi connectivity index (χ4n) is 3.66. The topological polar surface area (TPSA) is 74.7 Å². The number of piperidine rings is 1. The highest BCUT2D eigenvalue weighted by molar-refractivity contribution is 14.0. The van der Waals surface area contributed by atoms with E-state index in [0.29, 0.717) is 18.5 Å². The number of hydrogen-bond acceptors (Lipinski definition) is 5. The van der Waals surface area contributed by atoms with Crippen LogP contribution in [0.4, 0.5) is 0 Å². The predicted octanol–water partition coefficient (Wildman–Crippen LogP) is 3.21. The Morgan fingerprint density at radius 1 is 1.13 bits per heavy atom. The predicted molar refractivity (Wildman–Crippen MR) is 134 cm³/mol. The molecule has 8 heteroatoms. The molecule has 0 bridgehead atoms. The van der Waals surface area contributed by atoms with Crippen molar-refractivity contribution < 1.29 is 4.74 Å². The van der Waals surface area contributed by atoms with Crippen molar-refractivity contribution in [1.29, 1.82) is 0 Å². The van der Waals surface area contributed by atoms with Gasteiger partial charge in [0, 0.05) is 57.7 Å². The van der Waals surface area contributed by atoms with Gasteiger partial charge in [0.1, 0.15) is 0 Å². The third-order valence-electron chi connectivity index (χ3n) is 5.69. The Morgan fingerprint density at radius 3 is 2.68 bits per heavy atom. The van der Waals surface area contributed by atoms with Crippen LogP contribution in [0.3, 0.4) is 0 Å². The van der Waals surface area contributed by atoms with E-state index < -0.39 is 0 Å². The van der Waals surface area contributed by atoms with Crippen molar-refractivity contribution in [3.63, 3.8) is 0 Å². The van der Waals surface area contributed by atoms with E-state index in [1.165, 1.54) is 12.8 Å². The van der Waals surface area contributed by atoms with Gasteiger partial charge in [-0.2, -0.15) is 0 Å². The van der Waals surface area contributed by atoms with E-state index in [1.54, 1.807) is 0 Å². The van der Waals surface area contributed by atoms with Crippen LogP contribution in [0.2, 0.25) is 0 Å². The summed E-state index contributed by atoms with van der Waals surface area (Å²) in [5.41, 5.74) is 2.28. The maximum absolute atomic E-state index is 5.78. The fraction of sp³-hybridized carbons (Fsp3) is 0.522. The van der Waals surface area contributed by atoms with E-state index >= 15 is 0 Å². The smallest absolute Gasteiger partial charge is 0.213 e. The first kappa shape index (κ1) is 23.7. The second kappa shape index (κ2) is 12.2. The molecule has 0 unspecified atom stereocenters. The molecule has 2 N–H and O–H groups in total. The zero-order valence-corrected chi connectivity index (χ0v) is 20.5. The standard InChI is InChI=1S/C23H32N6O.HI/c1-24-23(27-15-19-7-11-26-22(14-19)30-17-18-5-6-18)28-20-8-12-29(13-9-20)16-21-4-2-3-10-25-21;/h2-4,7,10-11,14,18,20H,5-6,8-9,12-13,15-17H2,1H3,(H2,24,27,28);1H. The van der Waals surface area contributed by atoms with Gasteiger partial charge < -0.3 is 15.4 Å². The highest BCUT2D eigenvalue weighted by Gasteiger charge is 2.22. The number of nitrogens with zero attached hydrogens (tertiary/aromatic N) is 4. The van der Waals surface area contributed by atoms with Crippen molar-refractivity contribution in [1.82, 2.24) is 25.5 Å². The number of nitrogens with one attached hydrogen (secondary N) is 2. The Balaban J connectivity index is 0.00000272. The zero-order valence-electron chi connectivity index (χ0n) is 18.2. The minimum Gasteiger partial charge on any atom is -0.477 e. The fourth-order valence-corrected chi connectivity index (χ4v) is 3.66. The highest BCUT2D eigenvalue weighted by Crippen LogP contribution is 2.29. The van der Waals surface area contributed by atoms with Gasteiger partial charge in [-0.3, -0.25) is 14.9 Å². The van der Waals surface area contributed by atoms with E-state index in [0.717, 1.165) is 62.2 Å². The minimum absolute atomic E-state index is 0. The van der Waals surface area contributed by atoms with Crippen LogP contribution in [0, 0.1) is 5.92 Å². The normalized spacial score (nSPS) is 17.6. The lowest BCUT2D eigenvalue weighted by atomic mass is 10.0. The molecule has 4 rings (SSSR count). The Kier molecular flexibility index (Phi) is 9.32. The first-order chi connectivity index (χ1) is 14.8. The SMILES string of the molecule is CN=C(NCc1ccnc(OCC2CC2)c1)NC1CCN(Cc2ccccn2)CC1.I. The Labute approximate surface area is 202 Å². The molecule has 2 aromatic rings. The first-order valence-corrected chi connectivity index (χ1v) is 11.0. The van der Waals surface area contributed by atoms with Crippen LogP contribution in [0.25, 0.3) is 0 Å². The summed E-state index contributed by atoms with van der Waals surface area (Å²) in [6.45, 7) is 4.54. The largest absolute Gasteiger partial charge is 0.477 e. The summed E-state index contributed by atoms with van der Waals surface area (Å²) in [5.74, 6) is 2.28. The second-order valence-electron chi connectivity index (χ2n) is 8.20. The summed E-state index contributed by atoms with van der Waals surface area (Å²) in [4.78, 5) is 15.6. The molecule has 0 atom stereocenters. The summed E-state index contributed by atoms with van der Waals surface area (Å²) in [6, 6.07) is 10.6. The molecule has 168 valence electrons. The summed E-state index contributed by atoms with van der Waals surface area (Å²) in [5, 5.41) is 6.99. The van der Waals surface area contributed by atoms with E-state index in [2.05, 4.69) is 42.6 Å². The quantitative estimate of drug-likeness (QED) is 0.307. The summed E-state index contributed by atoms with van der Waals surface area (Å²) >= 11 is 0. The molecular formula is C23H33IN6O. The van der Waals surface area contributed by atoms with Crippen molar-refractivity contribution in [2.24, 2.45) is 10.9 Å². The third-order valence-corrected chi connectivity index (χ3v) is 5.69. The van der Waals surface area contributed by atoms with Gasteiger partial charge in [-0.25, -0.2) is 4.98 Å². The number of guanidine groups is 1. The highest BCUT2D eigenvalue weighted by atomic mass is 127. The first-order valence-electron chi connectivity index (χ1n) is 11.0. The molecule has 2 aliphatic rings. The van der Waals surface area contributed by atoms with Gasteiger partial charge in [0.05, 0.1) is 12.3 Å². The number of aliphatic imine (C=N–C) groups is 1. The molecule has 0 aromatic carbocycles. The molecule has 0 radical (unpaired) electrons. The molecule has 1 aliphatic carbocycles. The van der Waals surface area contributed by atoms with E-state index in [-0.39, 0.29) is 24.0 Å². The number of ether oxygens (including phenoxy) is 1. The molecule has 2 aromatic heterocycles. The molecule has 0 amide bonds. The van der Waals surface area contributed by atoms with Crippen LogP contribution in [-0.2, 0) is 13.1 Å². The molecule has 1 saturated carbocycles. The van der Waals surface area contributed by atoms with Crippen LogP contribution < -0.4 is 15.4 Å². The summed E-state index contributed by atoms with van der Waals surface area (Å²) in [6.07, 6.45) is 8.44. The number of likely N-dealkylation sites (tertiary alicyclic amines) is 1. The maximum atomic E-state index is 5.78. The average Bonchev–Trinajstić information content (AvgIpc) is 3.62. The van der Waals surface area contributed by atoms with Crippen molar-refractivity contribution in [3.05, 3.63) is 54.0 Å². The van der Waals surface area contributed by atoms with Crippen molar-refractivity contribution >= 4 is 29.9 Å². The summed E-state index contributed by atoms with van der Waals surface area (Å²) < 4.78 is 5.78. The van der Waals surface area contributed by atoms with Gasteiger partial charge in [0.2, 0.25) is 5.88 Å². The maximum Gasteiger partial charge on any atom is 0.213 e. The Bertz CT molecular complexity index is 822. The van der Waals surface area contributed by atoms with E-state index in [9.17, 15) is 0 Å². The van der Waals surface area contributed by atoms with Crippen molar-refractivity contribution in [2.45, 2.75) is 44.8 Å². The average molecular weight is 536 g/mol. The molecule has 3 heterocycles. The van der Waals surface area contributed by atoms with Gasteiger partial charge in [-0.15, -0.1) is 24.0 Å². The van der Waals surface area contributed by atoms with Crippen LogP contribution in [0.5, 0.6) is 5.88 Å². The van der Waals surface area contributed by atoms with Gasteiger partial charge in [-0.05, 0) is 55.4 Å². The molecule has 1 aliphatic heterocycles. The number of halogens is 1. The lowest BCUT2D eigenvalue weighted by molar-refractivity contribution is 0.196. The Hall–Kier alpha value is -1.94. The lowest BCUT2D eigenvalue weighted by Gasteiger charge is -2.32. The molecular weight excluding hydrogens is 503 g/mol. The van der Waals surface area contributed by atoms with Crippen molar-refractivity contribution in [3.8, 4) is 5.88 Å². The van der Waals surface area contributed by atoms with Crippen LogP contribution in [0.1, 0.15) is 36.9 Å². The molecule has 2 fully saturated rings. The molecule has 1 saturated heterocycles. The Morgan fingerprint density at radius 2 is 1.97 bits per heavy atom. The summed E-state index contributed by atoms with van der Waals surface area (Å²) in [7, 11) is 1.82. The van der Waals surface area contributed by atoms with Gasteiger partial charge >= 0.3 is 0 Å². The molecule has 7 nitrogen and oxygen atoms in total. The van der Waals surface area contributed by atoms with Gasteiger partial charge in [-0.1, -0.05) is 6.07 Å². The monoisotopic (exact) mass is 536 g/mol. The third kappa shape index (κ3) is 7.92. The van der Waals surface area contributed by atoms with E-state index in [1.807, 2.05) is 37.6 Å². The number of pyridine rings is 2. The number of hydrogen-bond donors (Lipinski definition) is 2. The second-order valence-corrected chi connectivity index (χ2v) is 8.20. The van der Waals surface area contributed by atoms with Crippen molar-refractivity contribution in [2.75, 3.05) is 26.7 Å². The minimum atomic E-state index is 0. The number of rotatable bonds is 8. The van der Waals surface area contributed by atoms with Crippen LogP contribution in [0.15, 0.2) is 47.7 Å². The molecule has 31 heavy (non-hydrogen) atoms. The van der Waals surface area contributed by atoms with Crippen LogP contribution in [-0.4, -0.2) is 53.6 Å². The number of aromatic nitrogens is 2. The van der Waals surface area contributed by atoms with E-state index in [4.69, 9.17) is 4.74 Å².